The Morgan fingerprint density at radius 2 is 1.76 bits per heavy atom. The Hall–Kier alpha value is -2.00. The van der Waals surface area contributed by atoms with Gasteiger partial charge in [-0.1, -0.05) is 50.3 Å². The topological polar surface area (TPSA) is 38.3 Å². The second-order valence-corrected chi connectivity index (χ2v) is 6.56. The molecule has 0 heterocycles. The van der Waals surface area contributed by atoms with Crippen molar-refractivity contribution in [2.24, 2.45) is 0 Å². The molecule has 2 aromatic rings. The molecule has 1 N–H and O–H groups in total. The molecule has 0 bridgehead atoms. The summed E-state index contributed by atoms with van der Waals surface area (Å²) in [6, 6.07) is 12.7. The third kappa shape index (κ3) is 6.09. The fourth-order valence-corrected chi connectivity index (χ4v) is 2.71. The zero-order valence-electron chi connectivity index (χ0n) is 15.0. The minimum Gasteiger partial charge on any atom is -0.494 e. The number of hydrogen-bond acceptors (Lipinski definition) is 2. The first kappa shape index (κ1) is 19.3. The molecule has 0 aliphatic rings. The lowest BCUT2D eigenvalue weighted by molar-refractivity contribution is 0.102. The van der Waals surface area contributed by atoms with Crippen LogP contribution in [-0.4, -0.2) is 12.5 Å². The number of amides is 1. The summed E-state index contributed by atoms with van der Waals surface area (Å²) in [5, 5.41) is 3.53. The molecule has 0 saturated carbocycles. The summed E-state index contributed by atoms with van der Waals surface area (Å²) in [5.74, 6) is 0.641. The quantitative estimate of drug-likeness (QED) is 0.537. The van der Waals surface area contributed by atoms with Crippen LogP contribution < -0.4 is 10.1 Å². The number of unbranched alkanes of at least 4 members (excludes halogenated alkanes) is 4. The van der Waals surface area contributed by atoms with Gasteiger partial charge in [0, 0.05) is 16.3 Å². The molecule has 0 spiro atoms. The molecule has 1 amide bonds. The van der Waals surface area contributed by atoms with E-state index in [1.807, 2.05) is 31.2 Å². The molecule has 0 unspecified atom stereocenters. The smallest absolute Gasteiger partial charge is 0.255 e. The highest BCUT2D eigenvalue weighted by Crippen LogP contribution is 2.23. The van der Waals surface area contributed by atoms with Crippen molar-refractivity contribution in [3.05, 3.63) is 58.6 Å². The maximum atomic E-state index is 12.4. The van der Waals surface area contributed by atoms with Crippen LogP contribution in [0.2, 0.25) is 5.02 Å². The molecular weight excluding hydrogens is 334 g/mol. The van der Waals surface area contributed by atoms with E-state index in [-0.39, 0.29) is 5.91 Å². The average molecular weight is 360 g/mol. The molecule has 0 saturated heterocycles. The maximum Gasteiger partial charge on any atom is 0.255 e. The summed E-state index contributed by atoms with van der Waals surface area (Å²) in [6.45, 7) is 4.81. The van der Waals surface area contributed by atoms with Gasteiger partial charge in [-0.2, -0.15) is 0 Å². The van der Waals surface area contributed by atoms with Crippen LogP contribution in [0.15, 0.2) is 42.5 Å². The highest BCUT2D eigenvalue weighted by molar-refractivity contribution is 6.31. The number of hydrogen-bond donors (Lipinski definition) is 1. The summed E-state index contributed by atoms with van der Waals surface area (Å²) in [7, 11) is 0. The van der Waals surface area contributed by atoms with Crippen molar-refractivity contribution in [1.82, 2.24) is 0 Å². The van der Waals surface area contributed by atoms with Crippen molar-refractivity contribution in [2.45, 2.75) is 46.0 Å². The fraction of sp³-hybridized carbons (Fsp3) is 0.381. The first-order valence-electron chi connectivity index (χ1n) is 8.91. The van der Waals surface area contributed by atoms with Gasteiger partial charge < -0.3 is 10.1 Å². The monoisotopic (exact) mass is 359 g/mol. The van der Waals surface area contributed by atoms with E-state index in [4.69, 9.17) is 16.3 Å². The summed E-state index contributed by atoms with van der Waals surface area (Å²) in [4.78, 5) is 12.4. The second kappa shape index (κ2) is 10.1. The third-order valence-electron chi connectivity index (χ3n) is 4.15. The molecule has 2 rings (SSSR count). The Labute approximate surface area is 155 Å². The molecular formula is C21H26ClNO2. The summed E-state index contributed by atoms with van der Waals surface area (Å²) >= 11 is 6.08. The third-order valence-corrected chi connectivity index (χ3v) is 4.56. The van der Waals surface area contributed by atoms with Crippen molar-refractivity contribution >= 4 is 23.2 Å². The molecule has 25 heavy (non-hydrogen) atoms. The van der Waals surface area contributed by atoms with Crippen LogP contribution in [0, 0.1) is 6.92 Å². The number of halogens is 1. The minimum absolute atomic E-state index is 0.156. The molecule has 134 valence electrons. The SMILES string of the molecule is CCCCCCCOc1ccc(C(=O)Nc2cccc(Cl)c2C)cc1. The van der Waals surface area contributed by atoms with Crippen LogP contribution >= 0.6 is 11.6 Å². The van der Waals surface area contributed by atoms with Gasteiger partial charge in [-0.3, -0.25) is 4.79 Å². The van der Waals surface area contributed by atoms with Crippen molar-refractivity contribution in [2.75, 3.05) is 11.9 Å². The zero-order valence-corrected chi connectivity index (χ0v) is 15.7. The van der Waals surface area contributed by atoms with E-state index in [0.29, 0.717) is 10.6 Å². The highest BCUT2D eigenvalue weighted by Gasteiger charge is 2.09. The Morgan fingerprint density at radius 3 is 2.48 bits per heavy atom. The lowest BCUT2D eigenvalue weighted by atomic mass is 10.1. The largest absolute Gasteiger partial charge is 0.494 e. The Balaban J connectivity index is 1.84. The number of carbonyl (C=O) groups excluding carboxylic acids is 1. The molecule has 2 aromatic carbocycles. The molecule has 0 atom stereocenters. The van der Waals surface area contributed by atoms with Crippen LogP contribution in [0.4, 0.5) is 5.69 Å². The summed E-state index contributed by atoms with van der Waals surface area (Å²) in [6.07, 6.45) is 6.07. The first-order chi connectivity index (χ1) is 12.1. The van der Waals surface area contributed by atoms with Crippen molar-refractivity contribution in [3.8, 4) is 5.75 Å². The number of nitrogens with one attached hydrogen (secondary N) is 1. The van der Waals surface area contributed by atoms with Gasteiger partial charge >= 0.3 is 0 Å². The Morgan fingerprint density at radius 1 is 1.04 bits per heavy atom. The van der Waals surface area contributed by atoms with Crippen molar-refractivity contribution < 1.29 is 9.53 Å². The van der Waals surface area contributed by atoms with E-state index < -0.39 is 0 Å². The van der Waals surface area contributed by atoms with E-state index in [1.54, 1.807) is 18.2 Å². The van der Waals surface area contributed by atoms with Gasteiger partial charge in [0.1, 0.15) is 5.75 Å². The van der Waals surface area contributed by atoms with Crippen molar-refractivity contribution in [3.63, 3.8) is 0 Å². The number of ether oxygens (including phenoxy) is 1. The van der Waals surface area contributed by atoms with Gasteiger partial charge in [0.05, 0.1) is 6.61 Å². The molecule has 0 radical (unpaired) electrons. The Kier molecular flexibility index (Phi) is 7.80. The number of benzene rings is 2. The first-order valence-corrected chi connectivity index (χ1v) is 9.29. The highest BCUT2D eigenvalue weighted by atomic mass is 35.5. The van der Waals surface area contributed by atoms with Gasteiger partial charge in [0.2, 0.25) is 0 Å². The predicted octanol–water partition coefficient (Wildman–Crippen LogP) is 6.25. The van der Waals surface area contributed by atoms with Crippen LogP contribution in [0.5, 0.6) is 5.75 Å². The molecule has 0 fully saturated rings. The van der Waals surface area contributed by atoms with Crippen LogP contribution in [0.1, 0.15) is 54.9 Å². The van der Waals surface area contributed by atoms with E-state index in [2.05, 4.69) is 12.2 Å². The number of rotatable bonds is 9. The average Bonchev–Trinajstić information content (AvgIpc) is 2.62. The Bertz CT molecular complexity index is 683. The summed E-state index contributed by atoms with van der Waals surface area (Å²) < 4.78 is 5.72. The van der Waals surface area contributed by atoms with Gasteiger partial charge in [-0.25, -0.2) is 0 Å². The standard InChI is InChI=1S/C21H26ClNO2/c1-3-4-5-6-7-15-25-18-13-11-17(12-14-18)21(24)23-20-10-8-9-19(22)16(20)2/h8-14H,3-7,15H2,1-2H3,(H,23,24). The van der Waals surface area contributed by atoms with Gasteiger partial charge in [0.25, 0.3) is 5.91 Å². The second-order valence-electron chi connectivity index (χ2n) is 6.15. The van der Waals surface area contributed by atoms with Crippen LogP contribution in [-0.2, 0) is 0 Å². The lowest BCUT2D eigenvalue weighted by Gasteiger charge is -2.10. The lowest BCUT2D eigenvalue weighted by Crippen LogP contribution is -2.12. The van der Waals surface area contributed by atoms with Crippen molar-refractivity contribution in [1.29, 1.82) is 0 Å². The normalized spacial score (nSPS) is 10.5. The fourth-order valence-electron chi connectivity index (χ4n) is 2.54. The maximum absolute atomic E-state index is 12.4. The van der Waals surface area contributed by atoms with E-state index in [1.165, 1.54) is 25.7 Å². The van der Waals surface area contributed by atoms with Gasteiger partial charge in [-0.05, 0) is 55.3 Å². The van der Waals surface area contributed by atoms with Gasteiger partial charge in [-0.15, -0.1) is 0 Å². The zero-order chi connectivity index (χ0) is 18.1. The summed E-state index contributed by atoms with van der Waals surface area (Å²) in [5.41, 5.74) is 2.18. The van der Waals surface area contributed by atoms with Crippen LogP contribution in [0.3, 0.4) is 0 Å². The van der Waals surface area contributed by atoms with E-state index in [0.717, 1.165) is 30.0 Å². The molecule has 4 heteroatoms. The number of anilines is 1. The minimum atomic E-state index is -0.156. The van der Waals surface area contributed by atoms with E-state index in [9.17, 15) is 4.79 Å². The predicted molar refractivity (Wildman–Crippen MR) is 105 cm³/mol. The molecule has 3 nitrogen and oxygen atoms in total. The molecule has 0 aliphatic heterocycles. The molecule has 0 aromatic heterocycles. The van der Waals surface area contributed by atoms with E-state index >= 15 is 0 Å². The number of carbonyl (C=O) groups is 1. The molecule has 0 aliphatic carbocycles. The van der Waals surface area contributed by atoms with Crippen LogP contribution in [0.25, 0.3) is 0 Å². The van der Waals surface area contributed by atoms with Gasteiger partial charge in [0.15, 0.2) is 0 Å².